The number of nitrogens with one attached hydrogen (secondary N) is 1. The molecule has 1 aliphatic heterocycles. The summed E-state index contributed by atoms with van der Waals surface area (Å²) in [5.74, 6) is -0.337. The van der Waals surface area contributed by atoms with E-state index in [1.54, 1.807) is 6.08 Å². The highest BCUT2D eigenvalue weighted by atomic mass is 16.5. The number of aromatic nitrogens is 1. The summed E-state index contributed by atoms with van der Waals surface area (Å²) in [5, 5.41) is 1.28. The number of carbonyl (C=O) groups excluding carboxylic acids is 1. The maximum absolute atomic E-state index is 11.3. The number of rotatable bonds is 6. The highest BCUT2D eigenvalue weighted by Crippen LogP contribution is 2.35. The maximum Gasteiger partial charge on any atom is 0.330 e. The number of methoxy groups -OCH3 is 1. The molecule has 0 spiro atoms. The predicted octanol–water partition coefficient (Wildman–Crippen LogP) is 5.61. The van der Waals surface area contributed by atoms with Crippen LogP contribution in [0.25, 0.3) is 17.0 Å². The summed E-state index contributed by atoms with van der Waals surface area (Å²) in [7, 11) is 1.39. The standard InChI is InChI=1S/C28H35N3O2/c1-28(2,3)27-23(22-13-12-21(29)18-24(22)30-27)15-17-31-16-5-6-25(31)20-10-7-19(8-11-20)9-14-26(32)33-4/h7-14,18,25,30H,5-6,15-17,29H2,1-4H3. The second kappa shape index (κ2) is 9.44. The van der Waals surface area contributed by atoms with Crippen LogP contribution in [0.4, 0.5) is 5.69 Å². The number of aromatic amines is 1. The summed E-state index contributed by atoms with van der Waals surface area (Å²) in [6.07, 6.45) is 6.64. The highest BCUT2D eigenvalue weighted by Gasteiger charge is 2.28. The van der Waals surface area contributed by atoms with E-state index in [0.29, 0.717) is 6.04 Å². The smallest absolute Gasteiger partial charge is 0.330 e. The molecule has 4 rings (SSSR count). The highest BCUT2D eigenvalue weighted by molar-refractivity contribution is 5.88. The molecule has 0 bridgehead atoms. The average Bonchev–Trinajstić information content (AvgIpc) is 3.40. The molecule has 0 amide bonds. The van der Waals surface area contributed by atoms with Gasteiger partial charge in [0.25, 0.3) is 0 Å². The van der Waals surface area contributed by atoms with Gasteiger partial charge in [-0.15, -0.1) is 0 Å². The topological polar surface area (TPSA) is 71.3 Å². The minimum atomic E-state index is -0.337. The van der Waals surface area contributed by atoms with Gasteiger partial charge in [-0.25, -0.2) is 4.79 Å². The molecule has 2 aromatic carbocycles. The van der Waals surface area contributed by atoms with E-state index in [1.165, 1.54) is 48.2 Å². The molecule has 5 heteroatoms. The Morgan fingerprint density at radius 3 is 2.67 bits per heavy atom. The molecule has 1 aromatic heterocycles. The van der Waals surface area contributed by atoms with Crippen molar-refractivity contribution in [3.8, 4) is 0 Å². The van der Waals surface area contributed by atoms with Crippen LogP contribution in [0.2, 0.25) is 0 Å². The van der Waals surface area contributed by atoms with Gasteiger partial charge in [-0.2, -0.15) is 0 Å². The number of H-pyrrole nitrogens is 1. The van der Waals surface area contributed by atoms with E-state index in [0.717, 1.165) is 36.3 Å². The number of nitrogens with zero attached hydrogens (tertiary/aromatic N) is 1. The van der Waals surface area contributed by atoms with E-state index in [1.807, 2.05) is 12.1 Å². The van der Waals surface area contributed by atoms with Gasteiger partial charge in [-0.05, 0) is 60.7 Å². The molecule has 1 unspecified atom stereocenters. The molecule has 0 saturated carbocycles. The fraction of sp³-hybridized carbons (Fsp3) is 0.393. The SMILES string of the molecule is COC(=O)C=Cc1ccc(C2CCCN2CCc2c(C(C)(C)C)[nH]c3cc(N)ccc23)cc1. The third-order valence-corrected chi connectivity index (χ3v) is 6.63. The molecule has 1 fully saturated rings. The number of hydrogen-bond donors (Lipinski definition) is 2. The second-order valence-electron chi connectivity index (χ2n) is 10.0. The molecule has 0 radical (unpaired) electrons. The quantitative estimate of drug-likeness (QED) is 0.294. The van der Waals surface area contributed by atoms with Crippen LogP contribution in [-0.2, 0) is 21.4 Å². The van der Waals surface area contributed by atoms with Gasteiger partial charge in [0.2, 0.25) is 0 Å². The monoisotopic (exact) mass is 445 g/mol. The van der Waals surface area contributed by atoms with Gasteiger partial charge in [0.15, 0.2) is 0 Å². The van der Waals surface area contributed by atoms with E-state index >= 15 is 0 Å². The molecule has 3 N–H and O–H groups in total. The van der Waals surface area contributed by atoms with Crippen molar-refractivity contribution in [1.82, 2.24) is 9.88 Å². The van der Waals surface area contributed by atoms with Crippen LogP contribution in [0.1, 0.15) is 62.0 Å². The Morgan fingerprint density at radius 2 is 1.97 bits per heavy atom. The average molecular weight is 446 g/mol. The van der Waals surface area contributed by atoms with Crippen molar-refractivity contribution in [2.45, 2.75) is 51.5 Å². The number of fused-ring (bicyclic) bond motifs is 1. The first kappa shape index (κ1) is 23.1. The first-order valence-corrected chi connectivity index (χ1v) is 11.8. The van der Waals surface area contributed by atoms with Crippen LogP contribution in [-0.4, -0.2) is 36.1 Å². The van der Waals surface area contributed by atoms with Crippen LogP contribution < -0.4 is 5.73 Å². The van der Waals surface area contributed by atoms with Gasteiger partial charge < -0.3 is 15.5 Å². The molecule has 174 valence electrons. The molecule has 0 aliphatic carbocycles. The fourth-order valence-electron chi connectivity index (χ4n) is 4.96. The number of nitrogen functional groups attached to an aromatic ring is 1. The lowest BCUT2D eigenvalue weighted by Gasteiger charge is -2.26. The summed E-state index contributed by atoms with van der Waals surface area (Å²) < 4.78 is 4.67. The number of benzene rings is 2. The van der Waals surface area contributed by atoms with Gasteiger partial charge in [-0.1, -0.05) is 51.1 Å². The van der Waals surface area contributed by atoms with Gasteiger partial charge in [-0.3, -0.25) is 4.90 Å². The summed E-state index contributed by atoms with van der Waals surface area (Å²) in [6.45, 7) is 8.93. The van der Waals surface area contributed by atoms with E-state index in [-0.39, 0.29) is 11.4 Å². The number of nitrogens with two attached hydrogens (primary N) is 1. The van der Waals surface area contributed by atoms with Gasteiger partial charge in [0, 0.05) is 46.4 Å². The summed E-state index contributed by atoms with van der Waals surface area (Å²) in [5.41, 5.74) is 13.1. The fourth-order valence-corrected chi connectivity index (χ4v) is 4.96. The number of hydrogen-bond acceptors (Lipinski definition) is 4. The van der Waals surface area contributed by atoms with E-state index in [2.05, 4.69) is 65.7 Å². The molecule has 5 nitrogen and oxygen atoms in total. The van der Waals surface area contributed by atoms with Gasteiger partial charge in [0.05, 0.1) is 7.11 Å². The molecular weight excluding hydrogens is 410 g/mol. The third kappa shape index (κ3) is 5.14. The van der Waals surface area contributed by atoms with Crippen LogP contribution in [0.5, 0.6) is 0 Å². The number of ether oxygens (including phenoxy) is 1. The number of likely N-dealkylation sites (tertiary alicyclic amines) is 1. The summed E-state index contributed by atoms with van der Waals surface area (Å²) >= 11 is 0. The van der Waals surface area contributed by atoms with Crippen molar-refractivity contribution in [2.75, 3.05) is 25.9 Å². The van der Waals surface area contributed by atoms with Crippen LogP contribution >= 0.6 is 0 Å². The lowest BCUT2D eigenvalue weighted by Crippen LogP contribution is -2.26. The van der Waals surface area contributed by atoms with E-state index in [4.69, 9.17) is 5.73 Å². The summed E-state index contributed by atoms with van der Waals surface area (Å²) in [6, 6.07) is 15.2. The molecule has 33 heavy (non-hydrogen) atoms. The molecule has 3 aromatic rings. The van der Waals surface area contributed by atoms with Gasteiger partial charge >= 0.3 is 5.97 Å². The molecule has 1 aliphatic rings. The number of esters is 1. The first-order chi connectivity index (χ1) is 15.8. The molecular formula is C28H35N3O2. The Kier molecular flexibility index (Phi) is 6.61. The Hall–Kier alpha value is -3.05. The van der Waals surface area contributed by atoms with Crippen molar-refractivity contribution < 1.29 is 9.53 Å². The Labute approximate surface area is 196 Å². The van der Waals surface area contributed by atoms with E-state index in [9.17, 15) is 4.79 Å². The molecule has 1 atom stereocenters. The van der Waals surface area contributed by atoms with Crippen molar-refractivity contribution in [3.05, 3.63) is 70.9 Å². The normalized spacial score (nSPS) is 17.3. The second-order valence-corrected chi connectivity index (χ2v) is 10.0. The molecule has 2 heterocycles. The van der Waals surface area contributed by atoms with E-state index < -0.39 is 0 Å². The summed E-state index contributed by atoms with van der Waals surface area (Å²) in [4.78, 5) is 17.6. The zero-order chi connectivity index (χ0) is 23.6. The van der Waals surface area contributed by atoms with Gasteiger partial charge in [0.1, 0.15) is 0 Å². The number of carbonyl (C=O) groups is 1. The van der Waals surface area contributed by atoms with Crippen LogP contribution in [0.3, 0.4) is 0 Å². The zero-order valence-corrected chi connectivity index (χ0v) is 20.2. The van der Waals surface area contributed by atoms with Crippen molar-refractivity contribution >= 4 is 28.6 Å². The van der Waals surface area contributed by atoms with Crippen molar-refractivity contribution in [3.63, 3.8) is 0 Å². The minimum absolute atomic E-state index is 0.0427. The third-order valence-electron chi connectivity index (χ3n) is 6.63. The first-order valence-electron chi connectivity index (χ1n) is 11.8. The molecule has 1 saturated heterocycles. The predicted molar refractivity (Wildman–Crippen MR) is 136 cm³/mol. The minimum Gasteiger partial charge on any atom is -0.466 e. The zero-order valence-electron chi connectivity index (χ0n) is 20.2. The lowest BCUT2D eigenvalue weighted by molar-refractivity contribution is -0.134. The van der Waals surface area contributed by atoms with Crippen molar-refractivity contribution in [2.24, 2.45) is 0 Å². The Bertz CT molecular complexity index is 1150. The van der Waals surface area contributed by atoms with Crippen LogP contribution in [0.15, 0.2) is 48.5 Å². The van der Waals surface area contributed by atoms with Crippen LogP contribution in [0, 0.1) is 0 Å². The van der Waals surface area contributed by atoms with Crippen molar-refractivity contribution in [1.29, 1.82) is 0 Å². The lowest BCUT2D eigenvalue weighted by atomic mass is 9.88. The Morgan fingerprint density at radius 1 is 1.21 bits per heavy atom. The maximum atomic E-state index is 11.3. The largest absolute Gasteiger partial charge is 0.466 e. The number of anilines is 1. The Balaban J connectivity index is 1.51.